The van der Waals surface area contributed by atoms with Gasteiger partial charge < -0.3 is 16.2 Å². The van der Waals surface area contributed by atoms with E-state index in [-0.39, 0.29) is 0 Å². The molecule has 0 spiro atoms. The fourth-order valence-corrected chi connectivity index (χ4v) is 1.60. The molecule has 1 rings (SSSR count). The maximum Gasteiger partial charge on any atom is 0.322 e. The highest BCUT2D eigenvalue weighted by Gasteiger charge is 2.24. The van der Waals surface area contributed by atoms with Gasteiger partial charge in [-0.25, -0.2) is 0 Å². The Bertz CT molecular complexity index is 340. The van der Waals surface area contributed by atoms with Crippen LogP contribution in [-0.2, 0) is 4.79 Å². The van der Waals surface area contributed by atoms with E-state index in [9.17, 15) is 4.79 Å². The molecular formula is C10H13BrN2O2. The maximum atomic E-state index is 10.9. The normalized spacial score (nSPS) is 14.6. The van der Waals surface area contributed by atoms with Gasteiger partial charge in [-0.1, -0.05) is 28.1 Å². The Morgan fingerprint density at radius 3 is 2.40 bits per heavy atom. The number of hydrogen-bond acceptors (Lipinski definition) is 3. The first-order chi connectivity index (χ1) is 7.06. The molecule has 1 aromatic rings. The molecule has 0 radical (unpaired) electrons. The van der Waals surface area contributed by atoms with E-state index in [1.54, 1.807) is 7.05 Å². The molecular weight excluding hydrogens is 260 g/mol. The van der Waals surface area contributed by atoms with Gasteiger partial charge in [-0.2, -0.15) is 0 Å². The van der Waals surface area contributed by atoms with Crippen molar-refractivity contribution >= 4 is 21.9 Å². The third-order valence-corrected chi connectivity index (χ3v) is 2.72. The Hall–Kier alpha value is -0.910. The number of nitrogens with one attached hydrogen (secondary N) is 1. The lowest BCUT2D eigenvalue weighted by atomic mass is 10.0. The van der Waals surface area contributed by atoms with Crippen LogP contribution in [0.1, 0.15) is 11.6 Å². The fraction of sp³-hybridized carbons (Fsp3) is 0.300. The summed E-state index contributed by atoms with van der Waals surface area (Å²) in [6.45, 7) is 0. The predicted octanol–water partition coefficient (Wildman–Crippen LogP) is 1.12. The van der Waals surface area contributed by atoms with Crippen LogP contribution in [0.3, 0.4) is 0 Å². The van der Waals surface area contributed by atoms with Crippen LogP contribution >= 0.6 is 15.9 Å². The number of carboxylic acid groups (broad SMARTS) is 1. The van der Waals surface area contributed by atoms with Crippen LogP contribution in [0, 0.1) is 0 Å². The highest BCUT2D eigenvalue weighted by molar-refractivity contribution is 9.10. The number of likely N-dealkylation sites (N-methyl/N-ethyl adjacent to an activating group) is 1. The van der Waals surface area contributed by atoms with Crippen LogP contribution in [0.25, 0.3) is 0 Å². The molecule has 5 heteroatoms. The largest absolute Gasteiger partial charge is 0.480 e. The zero-order chi connectivity index (χ0) is 11.4. The molecule has 0 bridgehead atoms. The van der Waals surface area contributed by atoms with Crippen molar-refractivity contribution in [2.24, 2.45) is 5.73 Å². The van der Waals surface area contributed by atoms with E-state index in [0.717, 1.165) is 10.0 Å². The second-order valence-electron chi connectivity index (χ2n) is 3.18. The summed E-state index contributed by atoms with van der Waals surface area (Å²) in [5.41, 5.74) is 6.63. The first-order valence-electron chi connectivity index (χ1n) is 4.47. The van der Waals surface area contributed by atoms with Crippen molar-refractivity contribution in [2.75, 3.05) is 7.05 Å². The Morgan fingerprint density at radius 1 is 1.47 bits per heavy atom. The summed E-state index contributed by atoms with van der Waals surface area (Å²) < 4.78 is 0.940. The topological polar surface area (TPSA) is 75.3 Å². The minimum absolute atomic E-state index is 0.555. The number of carbonyl (C=O) groups is 1. The van der Waals surface area contributed by atoms with Crippen LogP contribution < -0.4 is 11.1 Å². The number of halogens is 1. The van der Waals surface area contributed by atoms with E-state index >= 15 is 0 Å². The quantitative estimate of drug-likeness (QED) is 0.768. The second kappa shape index (κ2) is 5.25. The molecule has 4 nitrogen and oxygen atoms in total. The van der Waals surface area contributed by atoms with E-state index in [0.29, 0.717) is 0 Å². The van der Waals surface area contributed by atoms with Gasteiger partial charge in [0.05, 0.1) is 6.04 Å². The van der Waals surface area contributed by atoms with Crippen molar-refractivity contribution < 1.29 is 9.90 Å². The van der Waals surface area contributed by atoms with Gasteiger partial charge in [0, 0.05) is 4.47 Å². The third kappa shape index (κ3) is 3.02. The molecule has 0 fully saturated rings. The maximum absolute atomic E-state index is 10.9. The van der Waals surface area contributed by atoms with Gasteiger partial charge in [0.25, 0.3) is 0 Å². The van der Waals surface area contributed by atoms with Crippen LogP contribution in [-0.4, -0.2) is 24.2 Å². The molecule has 1 aromatic carbocycles. The summed E-state index contributed by atoms with van der Waals surface area (Å²) in [5.74, 6) is -0.951. The smallest absolute Gasteiger partial charge is 0.322 e. The van der Waals surface area contributed by atoms with Crippen molar-refractivity contribution in [1.29, 1.82) is 0 Å². The molecule has 0 aromatic heterocycles. The molecule has 0 amide bonds. The van der Waals surface area contributed by atoms with Gasteiger partial charge in [-0.15, -0.1) is 0 Å². The lowest BCUT2D eigenvalue weighted by Crippen LogP contribution is -2.43. The highest BCUT2D eigenvalue weighted by atomic mass is 79.9. The number of aliphatic carboxylic acids is 1. The monoisotopic (exact) mass is 272 g/mol. The van der Waals surface area contributed by atoms with E-state index < -0.39 is 18.1 Å². The Morgan fingerprint density at radius 2 is 2.00 bits per heavy atom. The number of nitrogens with two attached hydrogens (primary N) is 1. The van der Waals surface area contributed by atoms with E-state index in [4.69, 9.17) is 10.8 Å². The minimum atomic E-state index is -0.951. The van der Waals surface area contributed by atoms with Crippen molar-refractivity contribution in [2.45, 2.75) is 12.1 Å². The summed E-state index contributed by atoms with van der Waals surface area (Å²) in [7, 11) is 1.58. The molecule has 0 heterocycles. The van der Waals surface area contributed by atoms with Crippen LogP contribution in [0.15, 0.2) is 28.7 Å². The van der Waals surface area contributed by atoms with E-state index in [1.807, 2.05) is 24.3 Å². The second-order valence-corrected chi connectivity index (χ2v) is 4.10. The van der Waals surface area contributed by atoms with Gasteiger partial charge in [-0.05, 0) is 24.7 Å². The van der Waals surface area contributed by atoms with Gasteiger partial charge >= 0.3 is 5.97 Å². The zero-order valence-corrected chi connectivity index (χ0v) is 9.86. The molecule has 2 unspecified atom stereocenters. The van der Waals surface area contributed by atoms with Crippen molar-refractivity contribution in [3.05, 3.63) is 34.3 Å². The van der Waals surface area contributed by atoms with Crippen LogP contribution in [0.2, 0.25) is 0 Å². The lowest BCUT2D eigenvalue weighted by Gasteiger charge is -2.19. The molecule has 82 valence electrons. The summed E-state index contributed by atoms with van der Waals surface area (Å²) in [5, 5.41) is 11.6. The third-order valence-electron chi connectivity index (χ3n) is 2.19. The average molecular weight is 273 g/mol. The van der Waals surface area contributed by atoms with Gasteiger partial charge in [0.15, 0.2) is 0 Å². The first kappa shape index (κ1) is 12.2. The summed E-state index contributed by atoms with van der Waals surface area (Å²) in [6.07, 6.45) is 0. The Balaban J connectivity index is 2.87. The highest BCUT2D eigenvalue weighted by Crippen LogP contribution is 2.17. The number of benzene rings is 1. The fourth-order valence-electron chi connectivity index (χ4n) is 1.33. The molecule has 2 atom stereocenters. The number of carboxylic acids is 1. The molecule has 0 aliphatic carbocycles. The standard InChI is InChI=1S/C10H13BrN2O2/c1-13-9(10(14)15)8(12)6-2-4-7(11)5-3-6/h2-5,8-9,13H,12H2,1H3,(H,14,15). The lowest BCUT2D eigenvalue weighted by molar-refractivity contribution is -0.139. The van der Waals surface area contributed by atoms with Crippen LogP contribution in [0.4, 0.5) is 0 Å². The molecule has 0 aliphatic rings. The summed E-state index contributed by atoms with van der Waals surface area (Å²) >= 11 is 3.30. The van der Waals surface area contributed by atoms with E-state index in [2.05, 4.69) is 21.2 Å². The summed E-state index contributed by atoms with van der Waals surface area (Å²) in [4.78, 5) is 10.9. The predicted molar refractivity (Wildman–Crippen MR) is 61.6 cm³/mol. The Labute approximate surface area is 96.6 Å². The molecule has 0 saturated carbocycles. The first-order valence-corrected chi connectivity index (χ1v) is 5.26. The van der Waals surface area contributed by atoms with Gasteiger partial charge in [0.2, 0.25) is 0 Å². The molecule has 0 aliphatic heterocycles. The average Bonchev–Trinajstić information content (AvgIpc) is 2.19. The molecule has 4 N–H and O–H groups in total. The zero-order valence-electron chi connectivity index (χ0n) is 8.27. The number of hydrogen-bond donors (Lipinski definition) is 3. The SMILES string of the molecule is CNC(C(=O)O)C(N)c1ccc(Br)cc1. The molecule has 15 heavy (non-hydrogen) atoms. The van der Waals surface area contributed by atoms with Crippen molar-refractivity contribution in [3.8, 4) is 0 Å². The van der Waals surface area contributed by atoms with Crippen molar-refractivity contribution in [3.63, 3.8) is 0 Å². The van der Waals surface area contributed by atoms with Gasteiger partial charge in [0.1, 0.15) is 6.04 Å². The van der Waals surface area contributed by atoms with Crippen LogP contribution in [0.5, 0.6) is 0 Å². The summed E-state index contributed by atoms with van der Waals surface area (Å²) in [6, 6.07) is 5.96. The van der Waals surface area contributed by atoms with Gasteiger partial charge in [-0.3, -0.25) is 4.79 Å². The van der Waals surface area contributed by atoms with Crippen molar-refractivity contribution in [1.82, 2.24) is 5.32 Å². The van der Waals surface area contributed by atoms with E-state index in [1.165, 1.54) is 0 Å². The molecule has 0 saturated heterocycles. The minimum Gasteiger partial charge on any atom is -0.480 e. The Kier molecular flexibility index (Phi) is 4.26. The number of rotatable bonds is 4.